The van der Waals surface area contributed by atoms with Crippen molar-refractivity contribution in [1.29, 1.82) is 0 Å². The lowest BCUT2D eigenvalue weighted by Gasteiger charge is -2.44. The molecule has 2 aliphatic rings. The smallest absolute Gasteiger partial charge is 0.305 e. The lowest BCUT2D eigenvalue weighted by Crippen LogP contribution is -2.45. The van der Waals surface area contributed by atoms with Gasteiger partial charge in [0.1, 0.15) is 0 Å². The van der Waals surface area contributed by atoms with Crippen LogP contribution in [0.25, 0.3) is 0 Å². The second-order valence-corrected chi connectivity index (χ2v) is 6.38. The summed E-state index contributed by atoms with van der Waals surface area (Å²) in [6.07, 6.45) is 4.92. The Hall–Kier alpha value is -1.36. The number of carbonyl (C=O) groups is 1. The summed E-state index contributed by atoms with van der Waals surface area (Å²) < 4.78 is 0. The minimum atomic E-state index is -0.00800. The number of hydrogen-bond donors (Lipinski definition) is 1. The summed E-state index contributed by atoms with van der Waals surface area (Å²) in [5.41, 5.74) is 0.958. The SMILES string of the molecule is CC(C)C1Cc2sc(=O)[nH]c2C2CC(=O)C=CN21. The fraction of sp³-hybridized carbons (Fsp3) is 0.538. The first-order valence-corrected chi connectivity index (χ1v) is 7.08. The minimum Gasteiger partial charge on any atom is -0.365 e. The number of carbonyl (C=O) groups excluding carboxylic acids is 1. The van der Waals surface area contributed by atoms with Crippen molar-refractivity contribution in [2.75, 3.05) is 0 Å². The molecule has 0 bridgehead atoms. The van der Waals surface area contributed by atoms with Crippen LogP contribution in [0, 0.1) is 5.92 Å². The van der Waals surface area contributed by atoms with E-state index < -0.39 is 0 Å². The van der Waals surface area contributed by atoms with Crippen LogP contribution in [0.1, 0.15) is 36.9 Å². The van der Waals surface area contributed by atoms with Crippen molar-refractivity contribution in [2.24, 2.45) is 5.92 Å². The first-order valence-electron chi connectivity index (χ1n) is 6.26. The van der Waals surface area contributed by atoms with Crippen molar-refractivity contribution in [3.63, 3.8) is 0 Å². The highest BCUT2D eigenvalue weighted by atomic mass is 32.1. The van der Waals surface area contributed by atoms with Gasteiger partial charge in [0.05, 0.1) is 11.7 Å². The molecular formula is C13H16N2O2S. The van der Waals surface area contributed by atoms with Crippen molar-refractivity contribution in [1.82, 2.24) is 9.88 Å². The van der Waals surface area contributed by atoms with E-state index in [9.17, 15) is 9.59 Å². The average Bonchev–Trinajstić information content (AvgIpc) is 2.68. The third-order valence-electron chi connectivity index (χ3n) is 3.82. The summed E-state index contributed by atoms with van der Waals surface area (Å²) in [6.45, 7) is 4.37. The number of nitrogens with one attached hydrogen (secondary N) is 1. The zero-order valence-corrected chi connectivity index (χ0v) is 11.3. The zero-order valence-electron chi connectivity index (χ0n) is 10.5. The third-order valence-corrected chi connectivity index (χ3v) is 4.74. The molecule has 0 saturated carbocycles. The second-order valence-electron chi connectivity index (χ2n) is 5.32. The molecule has 3 heterocycles. The van der Waals surface area contributed by atoms with Gasteiger partial charge < -0.3 is 9.88 Å². The standard InChI is InChI=1S/C13H16N2O2S/c1-7(2)9-6-11-12(14-13(17)18-11)10-5-8(16)3-4-15(9)10/h3-4,7,9-10H,5-6H2,1-2H3,(H,14,17). The molecule has 2 atom stereocenters. The Morgan fingerprint density at radius 3 is 2.89 bits per heavy atom. The Morgan fingerprint density at radius 2 is 2.17 bits per heavy atom. The predicted molar refractivity (Wildman–Crippen MR) is 70.6 cm³/mol. The van der Waals surface area contributed by atoms with E-state index in [0.29, 0.717) is 18.4 Å². The number of ketones is 1. The van der Waals surface area contributed by atoms with E-state index in [-0.39, 0.29) is 16.7 Å². The molecule has 96 valence electrons. The number of aromatic amines is 1. The third kappa shape index (κ3) is 1.73. The fourth-order valence-electron chi connectivity index (χ4n) is 2.90. The Balaban J connectivity index is 2.09. The van der Waals surface area contributed by atoms with Crippen LogP contribution >= 0.6 is 11.3 Å². The van der Waals surface area contributed by atoms with Gasteiger partial charge in [-0.25, -0.2) is 0 Å². The van der Waals surface area contributed by atoms with Gasteiger partial charge in [0.2, 0.25) is 0 Å². The number of fused-ring (bicyclic) bond motifs is 3. The van der Waals surface area contributed by atoms with Crippen LogP contribution in [0.15, 0.2) is 17.1 Å². The van der Waals surface area contributed by atoms with Gasteiger partial charge in [-0.05, 0) is 12.0 Å². The molecule has 1 aromatic rings. The number of allylic oxidation sites excluding steroid dienone is 1. The highest BCUT2D eigenvalue weighted by molar-refractivity contribution is 7.09. The van der Waals surface area contributed by atoms with Crippen molar-refractivity contribution < 1.29 is 4.79 Å². The highest BCUT2D eigenvalue weighted by Crippen LogP contribution is 2.39. The molecule has 1 N–H and O–H groups in total. The molecule has 0 aliphatic carbocycles. The number of thiazole rings is 1. The lowest BCUT2D eigenvalue weighted by atomic mass is 9.87. The van der Waals surface area contributed by atoms with E-state index in [4.69, 9.17) is 0 Å². The fourth-order valence-corrected chi connectivity index (χ4v) is 3.83. The van der Waals surface area contributed by atoms with E-state index >= 15 is 0 Å². The Bertz CT molecular complexity index is 570. The monoisotopic (exact) mass is 264 g/mol. The molecule has 2 unspecified atom stereocenters. The van der Waals surface area contributed by atoms with Gasteiger partial charge in [0, 0.05) is 30.0 Å². The largest absolute Gasteiger partial charge is 0.365 e. The topological polar surface area (TPSA) is 53.2 Å². The molecule has 0 spiro atoms. The van der Waals surface area contributed by atoms with Crippen LogP contribution in [0.3, 0.4) is 0 Å². The molecule has 3 rings (SSSR count). The average molecular weight is 264 g/mol. The Labute approximate surface area is 109 Å². The number of hydrogen-bond acceptors (Lipinski definition) is 4. The quantitative estimate of drug-likeness (QED) is 0.842. The van der Waals surface area contributed by atoms with E-state index in [1.165, 1.54) is 11.3 Å². The Morgan fingerprint density at radius 1 is 1.39 bits per heavy atom. The summed E-state index contributed by atoms with van der Waals surface area (Å²) in [5, 5.41) is 0. The van der Waals surface area contributed by atoms with Crippen LogP contribution in [0.5, 0.6) is 0 Å². The molecule has 0 saturated heterocycles. The summed E-state index contributed by atoms with van der Waals surface area (Å²) in [4.78, 5) is 29.4. The maximum Gasteiger partial charge on any atom is 0.305 e. The molecule has 2 aliphatic heterocycles. The summed E-state index contributed by atoms with van der Waals surface area (Å²) in [5.74, 6) is 0.634. The van der Waals surface area contributed by atoms with Gasteiger partial charge in [0.15, 0.2) is 5.78 Å². The Kier molecular flexibility index (Phi) is 2.66. The van der Waals surface area contributed by atoms with Crippen LogP contribution in [0.2, 0.25) is 0 Å². The van der Waals surface area contributed by atoms with Crippen LogP contribution < -0.4 is 4.87 Å². The van der Waals surface area contributed by atoms with Crippen molar-refractivity contribution in [2.45, 2.75) is 38.8 Å². The molecule has 1 aromatic heterocycles. The van der Waals surface area contributed by atoms with E-state index in [1.54, 1.807) is 6.08 Å². The molecule has 18 heavy (non-hydrogen) atoms. The summed E-state index contributed by atoms with van der Waals surface area (Å²) in [6, 6.07) is 0.399. The van der Waals surface area contributed by atoms with E-state index in [2.05, 4.69) is 23.7 Å². The predicted octanol–water partition coefficient (Wildman–Crippen LogP) is 1.85. The van der Waals surface area contributed by atoms with Gasteiger partial charge in [0.25, 0.3) is 0 Å². The van der Waals surface area contributed by atoms with Gasteiger partial charge in [-0.3, -0.25) is 9.59 Å². The van der Waals surface area contributed by atoms with E-state index in [0.717, 1.165) is 17.0 Å². The lowest BCUT2D eigenvalue weighted by molar-refractivity contribution is -0.117. The second kappa shape index (κ2) is 4.09. The van der Waals surface area contributed by atoms with Gasteiger partial charge in [-0.15, -0.1) is 0 Å². The van der Waals surface area contributed by atoms with Crippen molar-refractivity contribution in [3.8, 4) is 0 Å². The van der Waals surface area contributed by atoms with Gasteiger partial charge in [-0.1, -0.05) is 25.2 Å². The highest BCUT2D eigenvalue weighted by Gasteiger charge is 2.38. The molecule has 0 amide bonds. The number of nitrogens with zero attached hydrogens (tertiary/aromatic N) is 1. The number of rotatable bonds is 1. The minimum absolute atomic E-state index is 0.00800. The van der Waals surface area contributed by atoms with Gasteiger partial charge >= 0.3 is 4.87 Å². The van der Waals surface area contributed by atoms with Crippen LogP contribution in [0.4, 0.5) is 0 Å². The summed E-state index contributed by atoms with van der Waals surface area (Å²) >= 11 is 1.30. The normalized spacial score (nSPS) is 26.4. The molecular weight excluding hydrogens is 248 g/mol. The molecule has 4 nitrogen and oxygen atoms in total. The number of H-pyrrole nitrogens is 1. The first kappa shape index (κ1) is 11.7. The molecule has 5 heteroatoms. The zero-order chi connectivity index (χ0) is 12.9. The molecule has 0 radical (unpaired) electrons. The molecule has 0 fully saturated rings. The maximum atomic E-state index is 11.6. The summed E-state index contributed by atoms with van der Waals surface area (Å²) in [7, 11) is 0. The van der Waals surface area contributed by atoms with E-state index in [1.807, 2.05) is 6.20 Å². The number of aromatic nitrogens is 1. The van der Waals surface area contributed by atoms with Crippen molar-refractivity contribution >= 4 is 17.1 Å². The van der Waals surface area contributed by atoms with Crippen LogP contribution in [-0.2, 0) is 11.2 Å². The first-order chi connectivity index (χ1) is 8.56. The maximum absolute atomic E-state index is 11.6. The van der Waals surface area contributed by atoms with Gasteiger partial charge in [-0.2, -0.15) is 0 Å². The molecule has 0 aromatic carbocycles. The van der Waals surface area contributed by atoms with Crippen molar-refractivity contribution in [3.05, 3.63) is 32.5 Å². The van der Waals surface area contributed by atoms with Crippen LogP contribution in [-0.4, -0.2) is 21.7 Å².